The Bertz CT molecular complexity index is 869. The summed E-state index contributed by atoms with van der Waals surface area (Å²) >= 11 is 3.39. The molecule has 1 aliphatic rings. The zero-order valence-corrected chi connectivity index (χ0v) is 17.1. The van der Waals surface area contributed by atoms with Crippen LogP contribution in [0.5, 0.6) is 5.75 Å². The molecule has 0 bridgehead atoms. The van der Waals surface area contributed by atoms with Crippen molar-refractivity contribution >= 4 is 39.1 Å². The first-order valence-corrected chi connectivity index (χ1v) is 9.49. The largest absolute Gasteiger partial charge is 0.479 e. The Morgan fingerprint density at radius 3 is 2.70 bits per heavy atom. The van der Waals surface area contributed by atoms with Crippen LogP contribution in [0, 0.1) is 0 Å². The van der Waals surface area contributed by atoms with Crippen LogP contribution >= 0.6 is 15.9 Å². The van der Waals surface area contributed by atoms with Gasteiger partial charge in [0, 0.05) is 29.3 Å². The van der Waals surface area contributed by atoms with E-state index in [2.05, 4.69) is 21.2 Å². The van der Waals surface area contributed by atoms with Crippen LogP contribution in [0.4, 0.5) is 11.4 Å². The van der Waals surface area contributed by atoms with Crippen LogP contribution in [0.15, 0.2) is 46.9 Å². The fourth-order valence-corrected chi connectivity index (χ4v) is 3.33. The summed E-state index contributed by atoms with van der Waals surface area (Å²) in [6.07, 6.45) is -0.561. The number of hydrogen-bond acceptors (Lipinski definition) is 4. The van der Waals surface area contributed by atoms with Gasteiger partial charge in [-0.15, -0.1) is 0 Å². The Morgan fingerprint density at radius 1 is 1.26 bits per heavy atom. The van der Waals surface area contributed by atoms with Crippen LogP contribution in [0.2, 0.25) is 0 Å². The summed E-state index contributed by atoms with van der Waals surface area (Å²) in [5.74, 6) is 0.312. The van der Waals surface area contributed by atoms with Gasteiger partial charge >= 0.3 is 0 Å². The van der Waals surface area contributed by atoms with Gasteiger partial charge in [-0.25, -0.2) is 0 Å². The van der Waals surface area contributed by atoms with Crippen molar-refractivity contribution in [3.63, 3.8) is 0 Å². The van der Waals surface area contributed by atoms with Crippen molar-refractivity contribution in [2.75, 3.05) is 37.4 Å². The van der Waals surface area contributed by atoms with Crippen LogP contribution in [-0.4, -0.2) is 50.0 Å². The standard InChI is InChI=1S/C20H22BrN3O3/c1-13-20(26)24(11-10-23(2)3)17-9-8-14(12-18(17)27-13)22-19(25)15-6-4-5-7-16(15)21/h4-9,12-13H,10-11H2,1-3H3,(H,22,25). The number of benzene rings is 2. The van der Waals surface area contributed by atoms with Crippen LogP contribution in [0.25, 0.3) is 0 Å². The third kappa shape index (κ3) is 4.31. The van der Waals surface area contributed by atoms with Gasteiger partial charge < -0.3 is 19.9 Å². The molecule has 2 aromatic carbocycles. The van der Waals surface area contributed by atoms with Crippen molar-refractivity contribution < 1.29 is 14.3 Å². The minimum Gasteiger partial charge on any atom is -0.479 e. The molecule has 0 spiro atoms. The van der Waals surface area contributed by atoms with Crippen molar-refractivity contribution in [1.29, 1.82) is 0 Å². The van der Waals surface area contributed by atoms with Gasteiger partial charge in [-0.3, -0.25) is 9.59 Å². The van der Waals surface area contributed by atoms with Crippen molar-refractivity contribution in [3.05, 3.63) is 52.5 Å². The van der Waals surface area contributed by atoms with E-state index in [0.29, 0.717) is 23.5 Å². The summed E-state index contributed by atoms with van der Waals surface area (Å²) in [5, 5.41) is 2.88. The molecule has 27 heavy (non-hydrogen) atoms. The number of amides is 2. The quantitative estimate of drug-likeness (QED) is 0.787. The number of hydrogen-bond donors (Lipinski definition) is 1. The second-order valence-electron chi connectivity index (χ2n) is 6.67. The molecular weight excluding hydrogens is 410 g/mol. The van der Waals surface area contributed by atoms with Crippen molar-refractivity contribution in [2.45, 2.75) is 13.0 Å². The molecule has 0 radical (unpaired) electrons. The number of ether oxygens (including phenoxy) is 1. The number of carbonyl (C=O) groups excluding carboxylic acids is 2. The van der Waals surface area contributed by atoms with Gasteiger partial charge in [0.2, 0.25) is 0 Å². The molecule has 142 valence electrons. The van der Waals surface area contributed by atoms with E-state index in [4.69, 9.17) is 4.74 Å². The summed E-state index contributed by atoms with van der Waals surface area (Å²) < 4.78 is 6.49. The number of likely N-dealkylation sites (N-methyl/N-ethyl adjacent to an activating group) is 1. The van der Waals surface area contributed by atoms with E-state index in [1.165, 1.54) is 0 Å². The highest BCUT2D eigenvalue weighted by Crippen LogP contribution is 2.36. The molecule has 1 atom stereocenters. The van der Waals surface area contributed by atoms with Crippen LogP contribution in [0.1, 0.15) is 17.3 Å². The number of fused-ring (bicyclic) bond motifs is 1. The second kappa shape index (κ2) is 8.10. The Kier molecular flexibility index (Phi) is 5.82. The fourth-order valence-electron chi connectivity index (χ4n) is 2.86. The number of rotatable bonds is 5. The molecule has 0 fully saturated rings. The maximum atomic E-state index is 12.5. The molecule has 1 heterocycles. The van der Waals surface area contributed by atoms with E-state index in [-0.39, 0.29) is 11.8 Å². The first-order valence-electron chi connectivity index (χ1n) is 8.69. The second-order valence-corrected chi connectivity index (χ2v) is 7.52. The van der Waals surface area contributed by atoms with Gasteiger partial charge in [-0.1, -0.05) is 12.1 Å². The highest BCUT2D eigenvalue weighted by molar-refractivity contribution is 9.10. The zero-order valence-electron chi connectivity index (χ0n) is 15.5. The molecule has 6 nitrogen and oxygen atoms in total. The van der Waals surface area contributed by atoms with Gasteiger partial charge in [-0.05, 0) is 61.2 Å². The van der Waals surface area contributed by atoms with Gasteiger partial charge in [0.1, 0.15) is 5.75 Å². The normalized spacial score (nSPS) is 16.1. The third-order valence-corrected chi connectivity index (χ3v) is 5.01. The molecule has 1 aliphatic heterocycles. The van der Waals surface area contributed by atoms with Crippen LogP contribution in [-0.2, 0) is 4.79 Å². The fraction of sp³-hybridized carbons (Fsp3) is 0.300. The lowest BCUT2D eigenvalue weighted by Gasteiger charge is -2.34. The third-order valence-electron chi connectivity index (χ3n) is 4.32. The minimum absolute atomic E-state index is 0.0608. The highest BCUT2D eigenvalue weighted by atomic mass is 79.9. The van der Waals surface area contributed by atoms with E-state index in [9.17, 15) is 9.59 Å². The molecule has 0 saturated heterocycles. The van der Waals surface area contributed by atoms with Gasteiger partial charge in [0.05, 0.1) is 11.3 Å². The molecule has 3 rings (SSSR count). The predicted molar refractivity (Wildman–Crippen MR) is 110 cm³/mol. The minimum atomic E-state index is -0.561. The SMILES string of the molecule is CC1Oc2cc(NC(=O)c3ccccc3Br)ccc2N(CCN(C)C)C1=O. The topological polar surface area (TPSA) is 61.9 Å². The Balaban J connectivity index is 1.83. The molecular formula is C20H22BrN3O3. The van der Waals surface area contributed by atoms with Gasteiger partial charge in [0.15, 0.2) is 6.10 Å². The Morgan fingerprint density at radius 2 is 2.00 bits per heavy atom. The highest BCUT2D eigenvalue weighted by Gasteiger charge is 2.31. The number of anilines is 2. The lowest BCUT2D eigenvalue weighted by molar-refractivity contribution is -0.125. The smallest absolute Gasteiger partial charge is 0.267 e. The average molecular weight is 432 g/mol. The molecule has 0 saturated carbocycles. The van der Waals surface area contributed by atoms with Crippen molar-refractivity contribution in [2.24, 2.45) is 0 Å². The number of nitrogens with one attached hydrogen (secondary N) is 1. The molecule has 2 aromatic rings. The predicted octanol–water partition coefficient (Wildman–Crippen LogP) is 3.38. The van der Waals surface area contributed by atoms with Crippen LogP contribution in [0.3, 0.4) is 0 Å². The molecule has 1 unspecified atom stereocenters. The number of halogens is 1. The van der Waals surface area contributed by atoms with Gasteiger partial charge in [-0.2, -0.15) is 0 Å². The summed E-state index contributed by atoms with van der Waals surface area (Å²) in [6, 6.07) is 12.6. The monoisotopic (exact) mass is 431 g/mol. The first-order chi connectivity index (χ1) is 12.9. The lowest BCUT2D eigenvalue weighted by atomic mass is 10.1. The van der Waals surface area contributed by atoms with Crippen molar-refractivity contribution in [1.82, 2.24) is 4.90 Å². The van der Waals surface area contributed by atoms with E-state index in [1.54, 1.807) is 30.0 Å². The first kappa shape index (κ1) is 19.4. The maximum Gasteiger partial charge on any atom is 0.267 e. The summed E-state index contributed by atoms with van der Waals surface area (Å²) in [4.78, 5) is 28.8. The van der Waals surface area contributed by atoms with E-state index in [0.717, 1.165) is 16.7 Å². The Hall–Kier alpha value is -2.38. The molecule has 2 amide bonds. The van der Waals surface area contributed by atoms with Crippen molar-refractivity contribution in [3.8, 4) is 5.75 Å². The lowest BCUT2D eigenvalue weighted by Crippen LogP contribution is -2.46. The molecule has 7 heteroatoms. The molecule has 0 aliphatic carbocycles. The maximum absolute atomic E-state index is 12.5. The van der Waals surface area contributed by atoms with Crippen LogP contribution < -0.4 is 15.0 Å². The van der Waals surface area contributed by atoms with E-state index < -0.39 is 6.10 Å². The average Bonchev–Trinajstić information content (AvgIpc) is 2.62. The zero-order chi connectivity index (χ0) is 19.6. The summed E-state index contributed by atoms with van der Waals surface area (Å²) in [6.45, 7) is 3.06. The van der Waals surface area contributed by atoms with E-state index >= 15 is 0 Å². The Labute approximate surface area is 167 Å². The number of nitrogens with zero attached hydrogens (tertiary/aromatic N) is 2. The summed E-state index contributed by atoms with van der Waals surface area (Å²) in [7, 11) is 3.94. The summed E-state index contributed by atoms with van der Waals surface area (Å²) in [5.41, 5.74) is 1.88. The molecule has 0 aromatic heterocycles. The van der Waals surface area contributed by atoms with Gasteiger partial charge in [0.25, 0.3) is 11.8 Å². The molecule has 1 N–H and O–H groups in total. The number of carbonyl (C=O) groups is 2. The van der Waals surface area contributed by atoms with E-state index in [1.807, 2.05) is 43.3 Å².